The Hall–Kier alpha value is -3.22. The lowest BCUT2D eigenvalue weighted by Crippen LogP contribution is -2.37. The lowest BCUT2D eigenvalue weighted by atomic mass is 10.3. The fraction of sp³-hybridized carbons (Fsp3) is 0.150. The highest BCUT2D eigenvalue weighted by atomic mass is 35.5. The summed E-state index contributed by atoms with van der Waals surface area (Å²) in [5.74, 6) is -0.673. The van der Waals surface area contributed by atoms with Gasteiger partial charge in [0.15, 0.2) is 0 Å². The molecule has 0 aliphatic carbocycles. The van der Waals surface area contributed by atoms with Crippen molar-refractivity contribution in [2.24, 2.45) is 0 Å². The second-order valence-electron chi connectivity index (χ2n) is 6.95. The smallest absolute Gasteiger partial charge is 0.264 e. The highest BCUT2D eigenvalue weighted by Gasteiger charge is 2.21. The lowest BCUT2D eigenvalue weighted by molar-refractivity contribution is -0.114. The molecule has 0 fully saturated rings. The molecule has 0 aliphatic heterocycles. The van der Waals surface area contributed by atoms with Gasteiger partial charge in [0.1, 0.15) is 6.54 Å². The minimum absolute atomic E-state index is 0.0598. The number of aryl methyl sites for hydroxylation is 1. The Morgan fingerprint density at radius 2 is 1.64 bits per heavy atom. The van der Waals surface area contributed by atoms with Crippen LogP contribution in [0.25, 0.3) is 0 Å². The summed E-state index contributed by atoms with van der Waals surface area (Å²) in [5, 5.41) is 2.98. The van der Waals surface area contributed by atoms with Crippen molar-refractivity contribution in [2.75, 3.05) is 27.1 Å². The number of carbonyl (C=O) groups is 1. The van der Waals surface area contributed by atoms with Crippen molar-refractivity contribution in [1.82, 2.24) is 9.97 Å². The van der Waals surface area contributed by atoms with Gasteiger partial charge >= 0.3 is 0 Å². The first-order valence-electron chi connectivity index (χ1n) is 9.40. The molecular weight excluding hydrogens is 490 g/mol. The molecule has 0 bridgehead atoms. The van der Waals surface area contributed by atoms with Crippen LogP contribution in [0, 0.1) is 6.92 Å². The van der Waals surface area contributed by atoms with Gasteiger partial charge in [0, 0.05) is 22.6 Å². The Labute approximate surface area is 196 Å². The molecule has 0 radical (unpaired) electrons. The average molecular weight is 510 g/mol. The molecule has 2 aromatic carbocycles. The number of sulfonamides is 2. The summed E-state index contributed by atoms with van der Waals surface area (Å²) in [6.07, 6.45) is 2.42. The van der Waals surface area contributed by atoms with E-state index in [4.69, 9.17) is 11.6 Å². The molecule has 10 nitrogen and oxygen atoms in total. The number of halogens is 1. The Kier molecular flexibility index (Phi) is 7.20. The van der Waals surface area contributed by atoms with Gasteiger partial charge in [-0.3, -0.25) is 9.10 Å². The topological polar surface area (TPSA) is 138 Å². The van der Waals surface area contributed by atoms with Gasteiger partial charge in [0.25, 0.3) is 10.0 Å². The Balaban J connectivity index is 1.70. The maximum atomic E-state index is 12.5. The molecule has 1 amide bonds. The Morgan fingerprint density at radius 3 is 2.21 bits per heavy atom. The molecule has 13 heteroatoms. The van der Waals surface area contributed by atoms with Crippen molar-refractivity contribution in [3.63, 3.8) is 0 Å². The van der Waals surface area contributed by atoms with Gasteiger partial charge in [0.05, 0.1) is 16.8 Å². The van der Waals surface area contributed by atoms with E-state index in [9.17, 15) is 21.6 Å². The Morgan fingerprint density at radius 1 is 1.00 bits per heavy atom. The summed E-state index contributed by atoms with van der Waals surface area (Å²) in [6, 6.07) is 13.0. The molecule has 0 aliphatic rings. The summed E-state index contributed by atoms with van der Waals surface area (Å²) in [7, 11) is -7.69. The number of aromatic nitrogens is 2. The molecule has 0 saturated carbocycles. The fourth-order valence-corrected chi connectivity index (χ4v) is 4.67. The van der Waals surface area contributed by atoms with E-state index in [1.165, 1.54) is 54.7 Å². The number of anilines is 3. The molecule has 0 atom stereocenters. The van der Waals surface area contributed by atoms with E-state index < -0.39 is 32.5 Å². The fourth-order valence-electron chi connectivity index (χ4n) is 2.73. The summed E-state index contributed by atoms with van der Waals surface area (Å²) in [4.78, 5) is 20.3. The first-order valence-corrected chi connectivity index (χ1v) is 13.1. The highest BCUT2D eigenvalue weighted by molar-refractivity contribution is 7.92. The maximum Gasteiger partial charge on any atom is 0.264 e. The number of amides is 1. The van der Waals surface area contributed by atoms with Crippen molar-refractivity contribution in [3.05, 3.63) is 71.5 Å². The van der Waals surface area contributed by atoms with E-state index in [2.05, 4.69) is 20.0 Å². The van der Waals surface area contributed by atoms with Gasteiger partial charge in [-0.25, -0.2) is 31.5 Å². The van der Waals surface area contributed by atoms with Crippen LogP contribution in [0.1, 0.15) is 5.69 Å². The summed E-state index contributed by atoms with van der Waals surface area (Å²) in [6.45, 7) is 1.22. The molecule has 3 aromatic rings. The van der Waals surface area contributed by atoms with Gasteiger partial charge in [0.2, 0.25) is 21.9 Å². The second kappa shape index (κ2) is 9.73. The standard InChI is InChI=1S/C20H20ClN5O5S2/c1-14-11-12-22-20(23-14)25-33(30,31)18-9-5-16(6-10-18)24-19(27)13-26(32(2,28)29)17-7-3-15(21)4-8-17/h3-12H,13H2,1-2H3,(H,24,27)(H,22,23,25). The molecule has 33 heavy (non-hydrogen) atoms. The lowest BCUT2D eigenvalue weighted by Gasteiger charge is -2.22. The minimum atomic E-state index is -3.94. The van der Waals surface area contributed by atoms with E-state index in [0.717, 1.165) is 10.6 Å². The van der Waals surface area contributed by atoms with Gasteiger partial charge in [-0.05, 0) is 61.5 Å². The van der Waals surface area contributed by atoms with Crippen LogP contribution in [0.4, 0.5) is 17.3 Å². The van der Waals surface area contributed by atoms with E-state index in [-0.39, 0.29) is 22.2 Å². The molecule has 174 valence electrons. The molecule has 1 aromatic heterocycles. The van der Waals surface area contributed by atoms with Crippen molar-refractivity contribution >= 4 is 54.9 Å². The third-order valence-electron chi connectivity index (χ3n) is 4.27. The predicted molar refractivity (Wildman–Crippen MR) is 126 cm³/mol. The predicted octanol–water partition coefficient (Wildman–Crippen LogP) is 2.64. The number of nitrogens with zero attached hydrogens (tertiary/aromatic N) is 3. The summed E-state index contributed by atoms with van der Waals surface area (Å²) >= 11 is 5.84. The largest absolute Gasteiger partial charge is 0.325 e. The van der Waals surface area contributed by atoms with Gasteiger partial charge in [-0.2, -0.15) is 0 Å². The van der Waals surface area contributed by atoms with Crippen LogP contribution >= 0.6 is 11.6 Å². The van der Waals surface area contributed by atoms with Crippen LogP contribution in [0.3, 0.4) is 0 Å². The molecular formula is C20H20ClN5O5S2. The van der Waals surface area contributed by atoms with E-state index in [0.29, 0.717) is 10.7 Å². The quantitative estimate of drug-likeness (QED) is 0.476. The maximum absolute atomic E-state index is 12.5. The van der Waals surface area contributed by atoms with Crippen LogP contribution in [0.2, 0.25) is 5.02 Å². The van der Waals surface area contributed by atoms with Crippen molar-refractivity contribution in [1.29, 1.82) is 0 Å². The molecule has 0 unspecified atom stereocenters. The van der Waals surface area contributed by atoms with Crippen LogP contribution in [0.15, 0.2) is 65.7 Å². The number of benzene rings is 2. The van der Waals surface area contributed by atoms with Crippen molar-refractivity contribution in [3.8, 4) is 0 Å². The number of carbonyl (C=O) groups excluding carboxylic acids is 1. The zero-order valence-electron chi connectivity index (χ0n) is 17.6. The Bertz CT molecular complexity index is 1360. The molecule has 0 saturated heterocycles. The first kappa shape index (κ1) is 24.4. The van der Waals surface area contributed by atoms with Crippen LogP contribution in [-0.2, 0) is 24.8 Å². The molecule has 1 heterocycles. The van der Waals surface area contributed by atoms with Crippen LogP contribution in [-0.4, -0.2) is 45.5 Å². The number of rotatable bonds is 8. The number of nitrogens with one attached hydrogen (secondary N) is 2. The first-order chi connectivity index (χ1) is 15.4. The second-order valence-corrected chi connectivity index (χ2v) is 11.0. The normalized spacial score (nSPS) is 11.6. The van der Waals surface area contributed by atoms with Crippen molar-refractivity contribution in [2.45, 2.75) is 11.8 Å². The molecule has 2 N–H and O–H groups in total. The van der Waals surface area contributed by atoms with E-state index in [1.807, 2.05) is 0 Å². The summed E-state index contributed by atoms with van der Waals surface area (Å²) in [5.41, 5.74) is 1.17. The zero-order chi connectivity index (χ0) is 24.2. The van der Waals surface area contributed by atoms with E-state index >= 15 is 0 Å². The zero-order valence-corrected chi connectivity index (χ0v) is 19.9. The minimum Gasteiger partial charge on any atom is -0.325 e. The monoisotopic (exact) mass is 509 g/mol. The van der Waals surface area contributed by atoms with Crippen molar-refractivity contribution < 1.29 is 21.6 Å². The number of hydrogen-bond acceptors (Lipinski definition) is 7. The van der Waals surface area contributed by atoms with Gasteiger partial charge in [-0.15, -0.1) is 0 Å². The average Bonchev–Trinajstić information content (AvgIpc) is 2.72. The SMILES string of the molecule is Cc1ccnc(NS(=O)(=O)c2ccc(NC(=O)CN(c3ccc(Cl)cc3)S(C)(=O)=O)cc2)n1. The third-order valence-corrected chi connectivity index (χ3v) is 7.01. The van der Waals surface area contributed by atoms with E-state index in [1.54, 1.807) is 13.0 Å². The molecule has 3 rings (SSSR count). The van der Waals surface area contributed by atoms with Gasteiger partial charge in [-0.1, -0.05) is 11.6 Å². The highest BCUT2D eigenvalue weighted by Crippen LogP contribution is 2.21. The number of hydrogen-bond donors (Lipinski definition) is 2. The molecule has 0 spiro atoms. The van der Waals surface area contributed by atoms with Crippen LogP contribution < -0.4 is 14.3 Å². The summed E-state index contributed by atoms with van der Waals surface area (Å²) < 4.78 is 52.6. The van der Waals surface area contributed by atoms with Crippen LogP contribution in [0.5, 0.6) is 0 Å². The van der Waals surface area contributed by atoms with Gasteiger partial charge < -0.3 is 5.32 Å². The third kappa shape index (κ3) is 6.63.